The number of aliphatic hydroxyl groups is 2. The molecular formula is C13H17N5O2. The number of nitrogens with two attached hydrogens (primary N) is 1. The minimum Gasteiger partial charge on any atom is -0.393 e. The molecule has 106 valence electrons. The van der Waals surface area contributed by atoms with Gasteiger partial charge in [0.1, 0.15) is 11.8 Å². The van der Waals surface area contributed by atoms with E-state index in [1.807, 2.05) is 4.57 Å². The van der Waals surface area contributed by atoms with Gasteiger partial charge in [0.25, 0.3) is 0 Å². The summed E-state index contributed by atoms with van der Waals surface area (Å²) in [7, 11) is 0. The third kappa shape index (κ3) is 1.50. The Bertz CT molecular complexity index is 657. The summed E-state index contributed by atoms with van der Waals surface area (Å²) in [4.78, 5) is 12.4. The van der Waals surface area contributed by atoms with Crippen LogP contribution < -0.4 is 5.73 Å². The van der Waals surface area contributed by atoms with Crippen molar-refractivity contribution in [3.05, 3.63) is 12.7 Å². The minimum atomic E-state index is -0.564. The molecule has 0 radical (unpaired) electrons. The summed E-state index contributed by atoms with van der Waals surface area (Å²) in [5.74, 6) is 0.694. The van der Waals surface area contributed by atoms with Crippen LogP contribution in [0, 0.1) is 11.8 Å². The third-order valence-electron chi connectivity index (χ3n) is 4.90. The smallest absolute Gasteiger partial charge is 0.165 e. The second kappa shape index (κ2) is 4.13. The Kier molecular flexibility index (Phi) is 2.49. The molecule has 2 saturated carbocycles. The van der Waals surface area contributed by atoms with Crippen LogP contribution in [0.3, 0.4) is 0 Å². The fourth-order valence-corrected chi connectivity index (χ4v) is 3.96. The van der Waals surface area contributed by atoms with Crippen molar-refractivity contribution in [3.8, 4) is 0 Å². The molecule has 20 heavy (non-hydrogen) atoms. The molecule has 0 aliphatic heterocycles. The Morgan fingerprint density at radius 3 is 2.85 bits per heavy atom. The molecule has 4 rings (SSSR count). The van der Waals surface area contributed by atoms with E-state index >= 15 is 0 Å². The van der Waals surface area contributed by atoms with Crippen molar-refractivity contribution in [2.24, 2.45) is 11.8 Å². The van der Waals surface area contributed by atoms with Gasteiger partial charge >= 0.3 is 0 Å². The van der Waals surface area contributed by atoms with Gasteiger partial charge < -0.3 is 20.5 Å². The fraction of sp³-hybridized carbons (Fsp3) is 0.615. The number of nitrogen functional groups attached to an aromatic ring is 1. The Hall–Kier alpha value is -1.73. The maximum absolute atomic E-state index is 10.5. The number of nitrogens with zero attached hydrogens (tertiary/aromatic N) is 4. The van der Waals surface area contributed by atoms with Crippen LogP contribution >= 0.6 is 0 Å². The zero-order valence-corrected chi connectivity index (χ0v) is 10.9. The van der Waals surface area contributed by atoms with E-state index < -0.39 is 12.2 Å². The lowest BCUT2D eigenvalue weighted by Gasteiger charge is -2.22. The highest BCUT2D eigenvalue weighted by Gasteiger charge is 2.50. The van der Waals surface area contributed by atoms with E-state index in [-0.39, 0.29) is 12.0 Å². The predicted octanol–water partition coefficient (Wildman–Crippen LogP) is 0.101. The van der Waals surface area contributed by atoms with Crippen LogP contribution in [0.2, 0.25) is 0 Å². The van der Waals surface area contributed by atoms with E-state index in [0.29, 0.717) is 22.9 Å². The van der Waals surface area contributed by atoms with Crippen molar-refractivity contribution in [1.82, 2.24) is 19.5 Å². The van der Waals surface area contributed by atoms with E-state index in [2.05, 4.69) is 15.0 Å². The molecule has 4 N–H and O–H groups in total. The summed E-state index contributed by atoms with van der Waals surface area (Å²) < 4.78 is 1.88. The molecule has 7 nitrogen and oxygen atoms in total. The van der Waals surface area contributed by atoms with Gasteiger partial charge in [-0.15, -0.1) is 0 Å². The highest BCUT2D eigenvalue weighted by atomic mass is 16.3. The Morgan fingerprint density at radius 2 is 2.05 bits per heavy atom. The second-order valence-corrected chi connectivity index (χ2v) is 5.86. The van der Waals surface area contributed by atoms with Crippen molar-refractivity contribution in [2.45, 2.75) is 37.5 Å². The second-order valence-electron chi connectivity index (χ2n) is 5.86. The number of anilines is 1. The number of hydrogen-bond acceptors (Lipinski definition) is 6. The van der Waals surface area contributed by atoms with Gasteiger partial charge in [0.2, 0.25) is 0 Å². The van der Waals surface area contributed by atoms with Crippen LogP contribution in [0.15, 0.2) is 12.7 Å². The summed E-state index contributed by atoms with van der Waals surface area (Å²) in [5.41, 5.74) is 7.00. The van der Waals surface area contributed by atoms with Crippen molar-refractivity contribution in [1.29, 1.82) is 0 Å². The largest absolute Gasteiger partial charge is 0.393 e. The van der Waals surface area contributed by atoms with Gasteiger partial charge in [0, 0.05) is 5.92 Å². The van der Waals surface area contributed by atoms with Crippen LogP contribution in [-0.2, 0) is 0 Å². The normalized spacial score (nSPS) is 36.6. The monoisotopic (exact) mass is 275 g/mol. The van der Waals surface area contributed by atoms with Crippen LogP contribution in [0.1, 0.15) is 25.3 Å². The SMILES string of the molecule is Nc1ncnc2c1ncn2[C@@H]1C[C@H]2CC[C@@H](O)[C@H]2[C@H]1O. The summed E-state index contributed by atoms with van der Waals surface area (Å²) in [5, 5.41) is 20.6. The predicted molar refractivity (Wildman–Crippen MR) is 71.6 cm³/mol. The van der Waals surface area contributed by atoms with Crippen LogP contribution in [0.25, 0.3) is 11.2 Å². The third-order valence-corrected chi connectivity index (χ3v) is 4.90. The van der Waals surface area contributed by atoms with E-state index in [9.17, 15) is 10.2 Å². The first-order valence-electron chi connectivity index (χ1n) is 6.96. The van der Waals surface area contributed by atoms with Crippen molar-refractivity contribution in [2.75, 3.05) is 5.73 Å². The highest BCUT2D eigenvalue weighted by Crippen LogP contribution is 2.49. The van der Waals surface area contributed by atoms with Gasteiger partial charge in [0.05, 0.1) is 24.6 Å². The Morgan fingerprint density at radius 1 is 1.20 bits per heavy atom. The molecule has 0 bridgehead atoms. The van der Waals surface area contributed by atoms with Gasteiger partial charge in [-0.2, -0.15) is 0 Å². The van der Waals surface area contributed by atoms with Gasteiger partial charge in [-0.05, 0) is 25.2 Å². The number of rotatable bonds is 1. The van der Waals surface area contributed by atoms with Gasteiger partial charge in [-0.1, -0.05) is 0 Å². The topological polar surface area (TPSA) is 110 Å². The van der Waals surface area contributed by atoms with Crippen molar-refractivity contribution in [3.63, 3.8) is 0 Å². The average molecular weight is 275 g/mol. The average Bonchev–Trinajstić information content (AvgIpc) is 3.07. The molecule has 0 amide bonds. The van der Waals surface area contributed by atoms with Crippen molar-refractivity contribution < 1.29 is 10.2 Å². The van der Waals surface area contributed by atoms with Crippen molar-refractivity contribution >= 4 is 17.0 Å². The maximum atomic E-state index is 10.5. The first-order valence-corrected chi connectivity index (χ1v) is 6.96. The van der Waals surface area contributed by atoms with Gasteiger partial charge in [-0.25, -0.2) is 15.0 Å². The highest BCUT2D eigenvalue weighted by molar-refractivity contribution is 5.81. The molecule has 0 spiro atoms. The van der Waals surface area contributed by atoms with Crippen LogP contribution in [0.4, 0.5) is 5.82 Å². The summed E-state index contributed by atoms with van der Waals surface area (Å²) in [6, 6.07) is -0.0979. The standard InChI is InChI=1S/C13H17N5O2/c14-12-10-13(16-4-15-12)18(5-17-10)7-3-6-1-2-8(19)9(6)11(7)20/h4-9,11,19-20H,1-3H2,(H2,14,15,16)/t6-,7-,8-,9+,11+/m1/s1. The molecule has 0 aromatic carbocycles. The van der Waals surface area contributed by atoms with E-state index in [4.69, 9.17) is 5.73 Å². The molecule has 5 atom stereocenters. The zero-order valence-electron chi connectivity index (χ0n) is 10.9. The first kappa shape index (κ1) is 12.0. The number of fused-ring (bicyclic) bond motifs is 2. The molecule has 2 fully saturated rings. The fourth-order valence-electron chi connectivity index (χ4n) is 3.96. The number of hydrogen-bond donors (Lipinski definition) is 3. The lowest BCUT2D eigenvalue weighted by atomic mass is 9.97. The lowest BCUT2D eigenvalue weighted by molar-refractivity contribution is 0.0238. The molecule has 2 aliphatic carbocycles. The van der Waals surface area contributed by atoms with Gasteiger partial charge in [0.15, 0.2) is 11.5 Å². The van der Waals surface area contributed by atoms with Crippen LogP contribution in [-0.4, -0.2) is 41.9 Å². The van der Waals surface area contributed by atoms with Crippen LogP contribution in [0.5, 0.6) is 0 Å². The molecule has 2 aliphatic rings. The quantitative estimate of drug-likeness (QED) is 0.681. The molecule has 0 unspecified atom stereocenters. The molecule has 7 heteroatoms. The van der Waals surface area contributed by atoms with Gasteiger partial charge in [-0.3, -0.25) is 0 Å². The van der Waals surface area contributed by atoms with E-state index in [0.717, 1.165) is 19.3 Å². The maximum Gasteiger partial charge on any atom is 0.165 e. The Balaban J connectivity index is 1.76. The zero-order chi connectivity index (χ0) is 13.9. The number of aliphatic hydroxyl groups excluding tert-OH is 2. The van der Waals surface area contributed by atoms with E-state index in [1.165, 1.54) is 6.33 Å². The Labute approximate surface area is 115 Å². The summed E-state index contributed by atoms with van der Waals surface area (Å²) in [6.45, 7) is 0. The number of imidazole rings is 1. The number of aromatic nitrogens is 4. The molecule has 2 aromatic rings. The van der Waals surface area contributed by atoms with E-state index in [1.54, 1.807) is 6.33 Å². The molecule has 2 heterocycles. The minimum absolute atomic E-state index is 0.0309. The molecular weight excluding hydrogens is 258 g/mol. The first-order chi connectivity index (χ1) is 9.66. The lowest BCUT2D eigenvalue weighted by Crippen LogP contribution is -2.30. The summed E-state index contributed by atoms with van der Waals surface area (Å²) >= 11 is 0. The summed E-state index contributed by atoms with van der Waals surface area (Å²) in [6.07, 6.45) is 4.73. The molecule has 0 saturated heterocycles. The molecule has 2 aromatic heterocycles.